The van der Waals surface area contributed by atoms with Crippen molar-refractivity contribution < 1.29 is 8.42 Å². The Morgan fingerprint density at radius 3 is 2.48 bits per heavy atom. The van der Waals surface area contributed by atoms with Gasteiger partial charge in [0.1, 0.15) is 0 Å². The van der Waals surface area contributed by atoms with E-state index in [4.69, 9.17) is 0 Å². The Labute approximate surface area is 138 Å². The van der Waals surface area contributed by atoms with Crippen LogP contribution in [0.15, 0.2) is 53.4 Å². The van der Waals surface area contributed by atoms with E-state index < -0.39 is 10.0 Å². The topological polar surface area (TPSA) is 49.4 Å². The van der Waals surface area contributed by atoms with Crippen LogP contribution in [0.3, 0.4) is 0 Å². The highest BCUT2D eigenvalue weighted by atomic mass is 32.2. The third-order valence-corrected chi connectivity index (χ3v) is 6.27. The largest absolute Gasteiger partial charge is 0.381 e. The van der Waals surface area contributed by atoms with Gasteiger partial charge in [0.2, 0.25) is 10.0 Å². The van der Waals surface area contributed by atoms with Gasteiger partial charge in [-0.2, -0.15) is 4.31 Å². The van der Waals surface area contributed by atoms with Gasteiger partial charge in [0, 0.05) is 24.8 Å². The van der Waals surface area contributed by atoms with Crippen LogP contribution in [0.4, 0.5) is 5.69 Å². The lowest BCUT2D eigenvalue weighted by Gasteiger charge is -2.18. The summed E-state index contributed by atoms with van der Waals surface area (Å²) in [4.78, 5) is 0.390. The van der Waals surface area contributed by atoms with Gasteiger partial charge in [0.05, 0.1) is 4.90 Å². The summed E-state index contributed by atoms with van der Waals surface area (Å²) in [5, 5.41) is 3.41. The van der Waals surface area contributed by atoms with E-state index in [0.717, 1.165) is 23.2 Å². The van der Waals surface area contributed by atoms with Crippen molar-refractivity contribution in [2.75, 3.05) is 18.4 Å². The fourth-order valence-electron chi connectivity index (χ4n) is 2.86. The molecule has 0 aliphatic carbocycles. The Morgan fingerprint density at radius 2 is 1.78 bits per heavy atom. The lowest BCUT2D eigenvalue weighted by atomic mass is 10.1. The molecule has 0 amide bonds. The molecule has 1 aliphatic heterocycles. The highest BCUT2D eigenvalue weighted by molar-refractivity contribution is 7.89. The first-order valence-corrected chi connectivity index (χ1v) is 9.30. The maximum Gasteiger partial charge on any atom is 0.243 e. The molecule has 0 radical (unpaired) electrons. The minimum absolute atomic E-state index is 0.152. The van der Waals surface area contributed by atoms with E-state index in [1.807, 2.05) is 50.2 Å². The van der Waals surface area contributed by atoms with Crippen molar-refractivity contribution in [2.45, 2.75) is 31.2 Å². The number of rotatable bonds is 4. The third kappa shape index (κ3) is 3.41. The molecule has 4 nitrogen and oxygen atoms in total. The smallest absolute Gasteiger partial charge is 0.243 e. The van der Waals surface area contributed by atoms with Gasteiger partial charge in [0.25, 0.3) is 0 Å². The number of para-hydroxylation sites is 1. The Balaban J connectivity index is 1.73. The van der Waals surface area contributed by atoms with E-state index in [1.165, 1.54) is 0 Å². The number of hydrogen-bond donors (Lipinski definition) is 1. The van der Waals surface area contributed by atoms with Crippen LogP contribution in [0.2, 0.25) is 0 Å². The molecule has 1 heterocycles. The van der Waals surface area contributed by atoms with E-state index >= 15 is 0 Å². The third-order valence-electron chi connectivity index (χ3n) is 4.41. The zero-order valence-electron chi connectivity index (χ0n) is 13.5. The normalized spacial score (nSPS) is 19.0. The van der Waals surface area contributed by atoms with Crippen LogP contribution in [0, 0.1) is 13.8 Å². The molecule has 1 fully saturated rings. The molecule has 2 aromatic rings. The second-order valence-corrected chi connectivity index (χ2v) is 8.04. The summed E-state index contributed by atoms with van der Waals surface area (Å²) >= 11 is 0. The monoisotopic (exact) mass is 330 g/mol. The van der Waals surface area contributed by atoms with Gasteiger partial charge in [-0.25, -0.2) is 8.42 Å². The number of hydrogen-bond acceptors (Lipinski definition) is 3. The SMILES string of the molecule is Cc1ccc(S(=O)(=O)N2CCC(Nc3ccccc3)C2)cc1C. The molecule has 2 aromatic carbocycles. The molecule has 1 unspecified atom stereocenters. The van der Waals surface area contributed by atoms with E-state index in [-0.39, 0.29) is 6.04 Å². The molecule has 0 aromatic heterocycles. The molecule has 3 rings (SSSR count). The molecule has 1 N–H and O–H groups in total. The van der Waals surface area contributed by atoms with E-state index in [1.54, 1.807) is 16.4 Å². The Morgan fingerprint density at radius 1 is 1.04 bits per heavy atom. The molecule has 1 atom stereocenters. The number of anilines is 1. The molecule has 23 heavy (non-hydrogen) atoms. The summed E-state index contributed by atoms with van der Waals surface area (Å²) < 4.78 is 27.2. The molecule has 0 bridgehead atoms. The zero-order valence-corrected chi connectivity index (χ0v) is 14.3. The van der Waals surface area contributed by atoms with Crippen molar-refractivity contribution in [1.82, 2.24) is 4.31 Å². The highest BCUT2D eigenvalue weighted by Gasteiger charge is 2.32. The van der Waals surface area contributed by atoms with Gasteiger partial charge in [-0.3, -0.25) is 0 Å². The predicted octanol–water partition coefficient (Wildman–Crippen LogP) is 3.18. The van der Waals surface area contributed by atoms with E-state index in [0.29, 0.717) is 18.0 Å². The molecule has 122 valence electrons. The minimum atomic E-state index is -3.41. The fraction of sp³-hybridized carbons (Fsp3) is 0.333. The standard InChI is InChI=1S/C18H22N2O2S/c1-14-8-9-18(12-15(14)2)23(21,22)20-11-10-17(13-20)19-16-6-4-3-5-7-16/h3-9,12,17,19H,10-11,13H2,1-2H3. The minimum Gasteiger partial charge on any atom is -0.381 e. The Bertz CT molecular complexity index is 788. The van der Waals surface area contributed by atoms with Crippen molar-refractivity contribution in [3.63, 3.8) is 0 Å². The molecular formula is C18H22N2O2S. The Kier molecular flexibility index (Phi) is 4.41. The maximum absolute atomic E-state index is 12.8. The number of nitrogens with zero attached hydrogens (tertiary/aromatic N) is 1. The van der Waals surface area contributed by atoms with Crippen LogP contribution in [-0.4, -0.2) is 31.9 Å². The summed E-state index contributed by atoms with van der Waals surface area (Å²) in [5.41, 5.74) is 3.14. The fourth-order valence-corrected chi connectivity index (χ4v) is 4.44. The number of aryl methyl sites for hydroxylation is 2. The number of nitrogens with one attached hydrogen (secondary N) is 1. The molecule has 1 aliphatic rings. The van der Waals surface area contributed by atoms with Gasteiger partial charge in [-0.1, -0.05) is 24.3 Å². The lowest BCUT2D eigenvalue weighted by molar-refractivity contribution is 0.474. The van der Waals surface area contributed by atoms with Crippen molar-refractivity contribution in [3.8, 4) is 0 Å². The molecule has 0 saturated carbocycles. The first-order valence-electron chi connectivity index (χ1n) is 7.86. The summed E-state index contributed by atoms with van der Waals surface area (Å²) in [5.74, 6) is 0. The van der Waals surface area contributed by atoms with Crippen LogP contribution in [0.25, 0.3) is 0 Å². The van der Waals surface area contributed by atoms with Gasteiger partial charge in [-0.15, -0.1) is 0 Å². The van der Waals surface area contributed by atoms with Gasteiger partial charge in [0.15, 0.2) is 0 Å². The van der Waals surface area contributed by atoms with Crippen molar-refractivity contribution in [1.29, 1.82) is 0 Å². The zero-order chi connectivity index (χ0) is 16.4. The maximum atomic E-state index is 12.8. The van der Waals surface area contributed by atoms with Gasteiger partial charge in [-0.05, 0) is 55.7 Å². The summed E-state index contributed by atoms with van der Waals surface area (Å²) in [6.07, 6.45) is 0.818. The summed E-state index contributed by atoms with van der Waals surface area (Å²) in [7, 11) is -3.41. The first-order chi connectivity index (χ1) is 11.0. The average Bonchev–Trinajstić information content (AvgIpc) is 3.00. The number of sulfonamides is 1. The first kappa shape index (κ1) is 16.0. The van der Waals surface area contributed by atoms with E-state index in [2.05, 4.69) is 5.32 Å². The number of benzene rings is 2. The second kappa shape index (κ2) is 6.34. The summed E-state index contributed by atoms with van der Waals surface area (Å²) in [6.45, 7) is 4.99. The van der Waals surface area contributed by atoms with Gasteiger partial charge < -0.3 is 5.32 Å². The van der Waals surface area contributed by atoms with Crippen LogP contribution >= 0.6 is 0 Å². The molecule has 1 saturated heterocycles. The summed E-state index contributed by atoms with van der Waals surface area (Å²) in [6, 6.07) is 15.4. The average molecular weight is 330 g/mol. The lowest BCUT2D eigenvalue weighted by Crippen LogP contribution is -2.31. The van der Waals surface area contributed by atoms with Gasteiger partial charge >= 0.3 is 0 Å². The van der Waals surface area contributed by atoms with Crippen LogP contribution in [-0.2, 0) is 10.0 Å². The highest BCUT2D eigenvalue weighted by Crippen LogP contribution is 2.24. The van der Waals surface area contributed by atoms with Crippen LogP contribution in [0.1, 0.15) is 17.5 Å². The van der Waals surface area contributed by atoms with Crippen molar-refractivity contribution >= 4 is 15.7 Å². The van der Waals surface area contributed by atoms with Crippen LogP contribution < -0.4 is 5.32 Å². The van der Waals surface area contributed by atoms with Crippen molar-refractivity contribution in [3.05, 3.63) is 59.7 Å². The molecule has 0 spiro atoms. The second-order valence-electron chi connectivity index (χ2n) is 6.11. The van der Waals surface area contributed by atoms with E-state index in [9.17, 15) is 8.42 Å². The molecule has 5 heteroatoms. The quantitative estimate of drug-likeness (QED) is 0.937. The molecular weight excluding hydrogens is 308 g/mol. The van der Waals surface area contributed by atoms with Crippen molar-refractivity contribution in [2.24, 2.45) is 0 Å². The predicted molar refractivity (Wildman–Crippen MR) is 93.1 cm³/mol. The van der Waals surface area contributed by atoms with Crippen LogP contribution in [0.5, 0.6) is 0 Å². The Hall–Kier alpha value is -1.85.